The average Bonchev–Trinajstić information content (AvgIpc) is 3.05. The summed E-state index contributed by atoms with van der Waals surface area (Å²) in [6.07, 6.45) is 1.84. The fraction of sp³-hybridized carbons (Fsp3) is 0.286. The maximum Gasteiger partial charge on any atom is 0.325 e. The molecule has 3 aromatic rings. The van der Waals surface area contributed by atoms with Crippen LogP contribution >= 0.6 is 11.6 Å². The molecule has 0 unspecified atom stereocenters. The second-order valence-electron chi connectivity index (χ2n) is 7.04. The van der Waals surface area contributed by atoms with E-state index in [1.807, 2.05) is 54.4 Å². The molecule has 1 aromatic heterocycles. The Hall–Kier alpha value is -2.50. The number of aromatic amines is 1. The summed E-state index contributed by atoms with van der Waals surface area (Å²) < 4.78 is 0. The molecular formula is C21H22ClN3O2. The van der Waals surface area contributed by atoms with Gasteiger partial charge in [-0.25, -0.2) is 0 Å². The molecule has 2 heterocycles. The van der Waals surface area contributed by atoms with Gasteiger partial charge in [-0.05, 0) is 37.3 Å². The largest absolute Gasteiger partial charge is 0.480 e. The van der Waals surface area contributed by atoms with E-state index in [2.05, 4.69) is 16.0 Å². The summed E-state index contributed by atoms with van der Waals surface area (Å²) in [6, 6.07) is 13.2. The van der Waals surface area contributed by atoms with Gasteiger partial charge in [0.1, 0.15) is 6.04 Å². The van der Waals surface area contributed by atoms with Gasteiger partial charge in [-0.15, -0.1) is 0 Å². The number of halogens is 1. The van der Waals surface area contributed by atoms with Gasteiger partial charge in [0.05, 0.1) is 0 Å². The van der Waals surface area contributed by atoms with E-state index in [0.717, 1.165) is 40.8 Å². The summed E-state index contributed by atoms with van der Waals surface area (Å²) in [5.74, 6) is -0.811. The number of nitrogens with zero attached hydrogens (tertiary/aromatic N) is 2. The molecule has 1 fully saturated rings. The Balaban J connectivity index is 1.57. The summed E-state index contributed by atoms with van der Waals surface area (Å²) in [5, 5.41) is 11.7. The minimum absolute atomic E-state index is 0.651. The van der Waals surface area contributed by atoms with E-state index >= 15 is 0 Å². The van der Waals surface area contributed by atoms with Gasteiger partial charge in [-0.3, -0.25) is 9.69 Å². The standard InChI is InChI=1S/C21H22ClN3O2/c1-14-5-6-19-17(11-14)18(13-23-19)20(21(26)27)25-9-7-24(8-10-25)16-4-2-3-15(22)12-16/h2-6,11-13,20,23H,7-10H2,1H3,(H,26,27)/t20-/m0/s1. The van der Waals surface area contributed by atoms with Crippen LogP contribution in [-0.2, 0) is 4.79 Å². The van der Waals surface area contributed by atoms with Crippen molar-refractivity contribution in [3.05, 3.63) is 64.8 Å². The van der Waals surface area contributed by atoms with Crippen LogP contribution in [0, 0.1) is 6.92 Å². The third kappa shape index (κ3) is 3.53. The van der Waals surface area contributed by atoms with Crippen molar-refractivity contribution in [2.24, 2.45) is 0 Å². The number of piperazine rings is 1. The van der Waals surface area contributed by atoms with E-state index in [0.29, 0.717) is 18.1 Å². The zero-order valence-corrected chi connectivity index (χ0v) is 15.9. The first-order chi connectivity index (χ1) is 13.0. The molecule has 1 aliphatic rings. The Labute approximate surface area is 163 Å². The highest BCUT2D eigenvalue weighted by Crippen LogP contribution is 2.31. The van der Waals surface area contributed by atoms with E-state index in [4.69, 9.17) is 11.6 Å². The molecule has 0 saturated carbocycles. The Bertz CT molecular complexity index is 976. The molecule has 0 spiro atoms. The first-order valence-electron chi connectivity index (χ1n) is 9.08. The molecule has 1 atom stereocenters. The number of aryl methyl sites for hydroxylation is 1. The molecule has 0 bridgehead atoms. The van der Waals surface area contributed by atoms with E-state index < -0.39 is 12.0 Å². The minimum atomic E-state index is -0.811. The number of carboxylic acid groups (broad SMARTS) is 1. The fourth-order valence-corrected chi connectivity index (χ4v) is 4.06. The number of benzene rings is 2. The number of aromatic nitrogens is 1. The van der Waals surface area contributed by atoms with E-state index in [9.17, 15) is 9.90 Å². The van der Waals surface area contributed by atoms with Crippen molar-refractivity contribution in [3.63, 3.8) is 0 Å². The van der Waals surface area contributed by atoms with Crippen LogP contribution in [0.4, 0.5) is 5.69 Å². The first-order valence-corrected chi connectivity index (χ1v) is 9.46. The average molecular weight is 384 g/mol. The molecule has 4 rings (SSSR count). The van der Waals surface area contributed by atoms with Crippen molar-refractivity contribution < 1.29 is 9.90 Å². The van der Waals surface area contributed by atoms with Crippen molar-refractivity contribution in [3.8, 4) is 0 Å². The third-order valence-corrected chi connectivity index (χ3v) is 5.49. The molecule has 140 valence electrons. The quantitative estimate of drug-likeness (QED) is 0.712. The maximum atomic E-state index is 12.1. The number of hydrogen-bond donors (Lipinski definition) is 2. The van der Waals surface area contributed by atoms with Gasteiger partial charge >= 0.3 is 5.97 Å². The van der Waals surface area contributed by atoms with Gasteiger partial charge in [-0.1, -0.05) is 29.3 Å². The van der Waals surface area contributed by atoms with Crippen LogP contribution in [0.25, 0.3) is 10.9 Å². The third-order valence-electron chi connectivity index (χ3n) is 5.25. The van der Waals surface area contributed by atoms with Crippen molar-refractivity contribution in [1.29, 1.82) is 0 Å². The molecule has 0 radical (unpaired) electrons. The lowest BCUT2D eigenvalue weighted by Gasteiger charge is -2.38. The van der Waals surface area contributed by atoms with E-state index in [1.165, 1.54) is 0 Å². The summed E-state index contributed by atoms with van der Waals surface area (Å²) in [7, 11) is 0. The summed E-state index contributed by atoms with van der Waals surface area (Å²) in [6.45, 7) is 4.93. The highest BCUT2D eigenvalue weighted by atomic mass is 35.5. The second-order valence-corrected chi connectivity index (χ2v) is 7.47. The molecule has 6 heteroatoms. The summed E-state index contributed by atoms with van der Waals surface area (Å²) in [4.78, 5) is 19.7. The number of carboxylic acids is 1. The van der Waals surface area contributed by atoms with Crippen LogP contribution in [-0.4, -0.2) is 47.1 Å². The molecule has 5 nitrogen and oxygen atoms in total. The lowest BCUT2D eigenvalue weighted by molar-refractivity contribution is -0.143. The van der Waals surface area contributed by atoms with Gasteiger partial charge in [0.15, 0.2) is 0 Å². The number of nitrogens with one attached hydrogen (secondary N) is 1. The Morgan fingerprint density at radius 3 is 2.63 bits per heavy atom. The van der Waals surface area contributed by atoms with Crippen molar-refractivity contribution in [1.82, 2.24) is 9.88 Å². The lowest BCUT2D eigenvalue weighted by Crippen LogP contribution is -2.49. The molecule has 27 heavy (non-hydrogen) atoms. The van der Waals surface area contributed by atoms with Gasteiger partial charge in [0.2, 0.25) is 0 Å². The predicted octanol–water partition coefficient (Wildman–Crippen LogP) is 4.08. The van der Waals surface area contributed by atoms with E-state index in [1.54, 1.807) is 0 Å². The highest BCUT2D eigenvalue weighted by Gasteiger charge is 2.32. The molecule has 0 aliphatic carbocycles. The topological polar surface area (TPSA) is 59.6 Å². The molecule has 1 aliphatic heterocycles. The number of fused-ring (bicyclic) bond motifs is 1. The van der Waals surface area contributed by atoms with Gasteiger partial charge in [0.25, 0.3) is 0 Å². The Kier molecular flexibility index (Phi) is 4.81. The molecule has 2 aromatic carbocycles. The van der Waals surface area contributed by atoms with Crippen LogP contribution in [0.5, 0.6) is 0 Å². The van der Waals surface area contributed by atoms with Crippen LogP contribution in [0.15, 0.2) is 48.7 Å². The van der Waals surface area contributed by atoms with Crippen molar-refractivity contribution in [2.45, 2.75) is 13.0 Å². The highest BCUT2D eigenvalue weighted by molar-refractivity contribution is 6.30. The number of aliphatic carboxylic acids is 1. The molecule has 2 N–H and O–H groups in total. The number of H-pyrrole nitrogens is 1. The lowest BCUT2D eigenvalue weighted by atomic mass is 10.0. The monoisotopic (exact) mass is 383 g/mol. The van der Waals surface area contributed by atoms with Crippen LogP contribution in [0.2, 0.25) is 5.02 Å². The van der Waals surface area contributed by atoms with Gasteiger partial charge in [-0.2, -0.15) is 0 Å². The van der Waals surface area contributed by atoms with Crippen LogP contribution in [0.1, 0.15) is 17.2 Å². The van der Waals surface area contributed by atoms with Crippen LogP contribution in [0.3, 0.4) is 0 Å². The summed E-state index contributed by atoms with van der Waals surface area (Å²) in [5.41, 5.74) is 4.01. The fourth-order valence-electron chi connectivity index (χ4n) is 3.88. The van der Waals surface area contributed by atoms with Gasteiger partial charge < -0.3 is 15.0 Å². The number of rotatable bonds is 4. The predicted molar refractivity (Wildman–Crippen MR) is 109 cm³/mol. The zero-order chi connectivity index (χ0) is 19.0. The number of anilines is 1. The number of carbonyl (C=O) groups is 1. The van der Waals surface area contributed by atoms with Crippen LogP contribution < -0.4 is 4.90 Å². The minimum Gasteiger partial charge on any atom is -0.480 e. The first kappa shape index (κ1) is 17.9. The Morgan fingerprint density at radius 1 is 1.15 bits per heavy atom. The smallest absolute Gasteiger partial charge is 0.325 e. The molecular weight excluding hydrogens is 362 g/mol. The zero-order valence-electron chi connectivity index (χ0n) is 15.2. The normalized spacial score (nSPS) is 16.6. The van der Waals surface area contributed by atoms with E-state index in [-0.39, 0.29) is 0 Å². The van der Waals surface area contributed by atoms with Gasteiger partial charge in [0, 0.05) is 59.6 Å². The second kappa shape index (κ2) is 7.25. The number of hydrogen-bond acceptors (Lipinski definition) is 3. The maximum absolute atomic E-state index is 12.1. The summed E-state index contributed by atoms with van der Waals surface area (Å²) >= 11 is 6.10. The van der Waals surface area contributed by atoms with Crippen molar-refractivity contribution in [2.75, 3.05) is 31.1 Å². The Morgan fingerprint density at radius 2 is 1.93 bits per heavy atom. The molecule has 1 saturated heterocycles. The SMILES string of the molecule is Cc1ccc2[nH]cc([C@@H](C(=O)O)N3CCN(c4cccc(Cl)c4)CC3)c2c1. The van der Waals surface area contributed by atoms with Crippen molar-refractivity contribution >= 4 is 34.2 Å². The molecule has 0 amide bonds.